The van der Waals surface area contributed by atoms with Crippen molar-refractivity contribution in [1.29, 1.82) is 0 Å². The Morgan fingerprint density at radius 2 is 1.96 bits per heavy atom. The molecule has 142 valence electrons. The number of hydrogen-bond acceptors (Lipinski definition) is 4. The zero-order chi connectivity index (χ0) is 19.7. The van der Waals surface area contributed by atoms with Crippen molar-refractivity contribution < 1.29 is 14.0 Å². The fourth-order valence-electron chi connectivity index (χ4n) is 3.04. The number of carbonyl (C=O) groups is 2. The smallest absolute Gasteiger partial charge is 0.289 e. The Labute approximate surface area is 167 Å². The molecule has 0 radical (unpaired) electrons. The normalized spacial score (nSPS) is 14.8. The second-order valence-corrected chi connectivity index (χ2v) is 7.37. The first-order chi connectivity index (χ1) is 12.8. The van der Waals surface area contributed by atoms with Crippen molar-refractivity contribution in [3.63, 3.8) is 0 Å². The van der Waals surface area contributed by atoms with Gasteiger partial charge in [-0.05, 0) is 38.0 Å². The first-order valence-electron chi connectivity index (χ1n) is 8.45. The van der Waals surface area contributed by atoms with Crippen LogP contribution in [0.5, 0.6) is 0 Å². The molecule has 1 heterocycles. The van der Waals surface area contributed by atoms with E-state index in [1.807, 2.05) is 6.92 Å². The SMILES string of the molecule is Cc1c(C(=O)N(C)C)oc2c1/C(=N/NC(=O)c1ccc(Cl)cc1Cl)CCC2. The van der Waals surface area contributed by atoms with E-state index in [4.69, 9.17) is 27.6 Å². The van der Waals surface area contributed by atoms with Crippen molar-refractivity contribution in [2.75, 3.05) is 14.1 Å². The molecule has 1 aromatic heterocycles. The molecule has 0 bridgehead atoms. The highest BCUT2D eigenvalue weighted by Crippen LogP contribution is 2.30. The Balaban J connectivity index is 1.89. The number of rotatable bonds is 3. The number of carbonyl (C=O) groups excluding carboxylic acids is 2. The minimum atomic E-state index is -0.429. The third-order valence-electron chi connectivity index (χ3n) is 4.39. The van der Waals surface area contributed by atoms with Gasteiger partial charge < -0.3 is 9.32 Å². The number of amides is 2. The van der Waals surface area contributed by atoms with Gasteiger partial charge in [-0.15, -0.1) is 0 Å². The largest absolute Gasteiger partial charge is 0.455 e. The van der Waals surface area contributed by atoms with Gasteiger partial charge in [-0.25, -0.2) is 5.43 Å². The summed E-state index contributed by atoms with van der Waals surface area (Å²) in [6.07, 6.45) is 2.23. The molecule has 0 spiro atoms. The molecule has 2 aromatic rings. The van der Waals surface area contributed by atoms with Crippen LogP contribution in [-0.4, -0.2) is 36.5 Å². The van der Waals surface area contributed by atoms with E-state index in [0.717, 1.165) is 29.7 Å². The van der Waals surface area contributed by atoms with Crippen LogP contribution in [0.3, 0.4) is 0 Å². The van der Waals surface area contributed by atoms with Gasteiger partial charge in [-0.2, -0.15) is 5.10 Å². The standard InChI is InChI=1S/C19H19Cl2N3O3/c1-10-16-14(5-4-6-15(16)27-17(10)19(26)24(2)3)22-23-18(25)12-8-7-11(20)9-13(12)21/h7-9H,4-6H2,1-3H3,(H,23,25)/b22-14+. The van der Waals surface area contributed by atoms with Crippen molar-refractivity contribution >= 4 is 40.7 Å². The summed E-state index contributed by atoms with van der Waals surface area (Å²) < 4.78 is 5.79. The van der Waals surface area contributed by atoms with Gasteiger partial charge >= 0.3 is 0 Å². The van der Waals surface area contributed by atoms with Crippen LogP contribution in [0.4, 0.5) is 0 Å². The maximum atomic E-state index is 12.4. The molecule has 0 atom stereocenters. The summed E-state index contributed by atoms with van der Waals surface area (Å²) in [6, 6.07) is 4.64. The van der Waals surface area contributed by atoms with Gasteiger partial charge in [0.2, 0.25) is 0 Å². The van der Waals surface area contributed by atoms with Gasteiger partial charge in [0.15, 0.2) is 5.76 Å². The van der Waals surface area contributed by atoms with Crippen molar-refractivity contribution in [2.45, 2.75) is 26.2 Å². The summed E-state index contributed by atoms with van der Waals surface area (Å²) >= 11 is 11.9. The molecule has 1 aliphatic rings. The molecule has 0 fully saturated rings. The number of fused-ring (bicyclic) bond motifs is 1. The van der Waals surface area contributed by atoms with E-state index in [2.05, 4.69) is 10.5 Å². The minimum Gasteiger partial charge on any atom is -0.455 e. The molecule has 0 unspecified atom stereocenters. The lowest BCUT2D eigenvalue weighted by atomic mass is 9.93. The first kappa shape index (κ1) is 19.5. The van der Waals surface area contributed by atoms with E-state index in [0.29, 0.717) is 22.9 Å². The highest BCUT2D eigenvalue weighted by Gasteiger charge is 2.28. The second-order valence-electron chi connectivity index (χ2n) is 6.53. The van der Waals surface area contributed by atoms with Gasteiger partial charge in [-0.3, -0.25) is 9.59 Å². The maximum absolute atomic E-state index is 12.4. The van der Waals surface area contributed by atoms with Crippen LogP contribution in [0.1, 0.15) is 50.6 Å². The third-order valence-corrected chi connectivity index (χ3v) is 4.94. The van der Waals surface area contributed by atoms with Crippen LogP contribution in [0, 0.1) is 6.92 Å². The Kier molecular flexibility index (Phi) is 5.58. The molecule has 0 aliphatic heterocycles. The minimum absolute atomic E-state index is 0.196. The molecule has 8 heteroatoms. The summed E-state index contributed by atoms with van der Waals surface area (Å²) in [5.41, 5.74) is 5.05. The molecule has 1 aliphatic carbocycles. The lowest BCUT2D eigenvalue weighted by Gasteiger charge is -2.13. The fraction of sp³-hybridized carbons (Fsp3) is 0.316. The molecular formula is C19H19Cl2N3O3. The monoisotopic (exact) mass is 407 g/mol. The van der Waals surface area contributed by atoms with Crippen LogP contribution in [0.2, 0.25) is 10.0 Å². The molecule has 27 heavy (non-hydrogen) atoms. The number of nitrogens with zero attached hydrogens (tertiary/aromatic N) is 2. The average Bonchev–Trinajstić information content (AvgIpc) is 2.96. The van der Waals surface area contributed by atoms with Crippen LogP contribution < -0.4 is 5.43 Å². The number of hydrazone groups is 1. The van der Waals surface area contributed by atoms with Gasteiger partial charge in [0.1, 0.15) is 5.76 Å². The van der Waals surface area contributed by atoms with E-state index in [-0.39, 0.29) is 16.5 Å². The lowest BCUT2D eigenvalue weighted by Crippen LogP contribution is -2.23. The summed E-state index contributed by atoms with van der Waals surface area (Å²) in [6.45, 7) is 1.83. The zero-order valence-corrected chi connectivity index (χ0v) is 16.7. The van der Waals surface area contributed by atoms with E-state index in [9.17, 15) is 9.59 Å². The third kappa shape index (κ3) is 3.87. The number of aryl methyl sites for hydroxylation is 1. The van der Waals surface area contributed by atoms with Crippen molar-refractivity contribution in [1.82, 2.24) is 10.3 Å². The molecule has 0 saturated carbocycles. The van der Waals surface area contributed by atoms with Crippen molar-refractivity contribution in [2.24, 2.45) is 5.10 Å². The number of halogens is 2. The second kappa shape index (κ2) is 7.74. The summed E-state index contributed by atoms with van der Waals surface area (Å²) in [5.74, 6) is 0.411. The summed E-state index contributed by atoms with van der Waals surface area (Å²) in [7, 11) is 3.35. The molecular weight excluding hydrogens is 389 g/mol. The van der Waals surface area contributed by atoms with E-state index in [1.54, 1.807) is 26.2 Å². The van der Waals surface area contributed by atoms with Gasteiger partial charge in [0.25, 0.3) is 11.8 Å². The predicted molar refractivity (Wildman–Crippen MR) is 105 cm³/mol. The molecule has 0 saturated heterocycles. The Morgan fingerprint density at radius 3 is 2.63 bits per heavy atom. The van der Waals surface area contributed by atoms with E-state index < -0.39 is 5.91 Å². The molecule has 1 aromatic carbocycles. The highest BCUT2D eigenvalue weighted by molar-refractivity contribution is 6.36. The van der Waals surface area contributed by atoms with Crippen LogP contribution in [0.15, 0.2) is 27.7 Å². The Bertz CT molecular complexity index is 948. The molecule has 1 N–H and O–H groups in total. The first-order valence-corrected chi connectivity index (χ1v) is 9.21. The predicted octanol–water partition coefficient (Wildman–Crippen LogP) is 4.07. The molecule has 6 nitrogen and oxygen atoms in total. The molecule has 2 amide bonds. The van der Waals surface area contributed by atoms with Crippen LogP contribution >= 0.6 is 23.2 Å². The quantitative estimate of drug-likeness (QED) is 0.779. The topological polar surface area (TPSA) is 74.9 Å². The summed E-state index contributed by atoms with van der Waals surface area (Å²) in [5, 5.41) is 4.99. The van der Waals surface area contributed by atoms with Gasteiger partial charge in [0, 0.05) is 36.7 Å². The fourth-order valence-corrected chi connectivity index (χ4v) is 3.53. The summed E-state index contributed by atoms with van der Waals surface area (Å²) in [4.78, 5) is 26.2. The number of hydrogen-bond donors (Lipinski definition) is 1. The molecule has 3 rings (SSSR count). The highest BCUT2D eigenvalue weighted by atomic mass is 35.5. The average molecular weight is 408 g/mol. The van der Waals surface area contributed by atoms with Crippen LogP contribution in [0.25, 0.3) is 0 Å². The van der Waals surface area contributed by atoms with Crippen molar-refractivity contribution in [3.05, 3.63) is 56.5 Å². The number of benzene rings is 1. The van der Waals surface area contributed by atoms with Crippen molar-refractivity contribution in [3.8, 4) is 0 Å². The van der Waals surface area contributed by atoms with E-state index >= 15 is 0 Å². The maximum Gasteiger partial charge on any atom is 0.289 e. The van der Waals surface area contributed by atoms with Crippen LogP contribution in [-0.2, 0) is 6.42 Å². The lowest BCUT2D eigenvalue weighted by molar-refractivity contribution is 0.0793. The van der Waals surface area contributed by atoms with Gasteiger partial charge in [-0.1, -0.05) is 23.2 Å². The number of furan rings is 1. The van der Waals surface area contributed by atoms with E-state index in [1.165, 1.54) is 11.0 Å². The zero-order valence-electron chi connectivity index (χ0n) is 15.2. The van der Waals surface area contributed by atoms with Gasteiger partial charge in [0.05, 0.1) is 16.3 Å². The Hall–Kier alpha value is -2.31. The Morgan fingerprint density at radius 1 is 1.22 bits per heavy atom. The number of nitrogens with one attached hydrogen (secondary N) is 1.